The van der Waals surface area contributed by atoms with Crippen molar-refractivity contribution >= 4 is 5.91 Å². The molecular formula is C22H23N3O4. The summed E-state index contributed by atoms with van der Waals surface area (Å²) in [5.41, 5.74) is 2.35. The summed E-state index contributed by atoms with van der Waals surface area (Å²) in [7, 11) is 3.20. The van der Waals surface area contributed by atoms with E-state index < -0.39 is 0 Å². The SMILES string of the molecule is COc1ccc(CCNC(=O)c2cccc(Oc3ccc(C)nn3)c2)cc1OC. The van der Waals surface area contributed by atoms with Gasteiger partial charge in [0, 0.05) is 18.2 Å². The van der Waals surface area contributed by atoms with Crippen molar-refractivity contribution < 1.29 is 19.0 Å². The van der Waals surface area contributed by atoms with E-state index in [0.29, 0.717) is 41.7 Å². The minimum Gasteiger partial charge on any atom is -0.493 e. The highest BCUT2D eigenvalue weighted by Crippen LogP contribution is 2.27. The van der Waals surface area contributed by atoms with Gasteiger partial charge in [-0.1, -0.05) is 12.1 Å². The van der Waals surface area contributed by atoms with Crippen LogP contribution in [0.25, 0.3) is 0 Å². The van der Waals surface area contributed by atoms with Gasteiger partial charge in [-0.05, 0) is 55.3 Å². The van der Waals surface area contributed by atoms with Gasteiger partial charge in [-0.3, -0.25) is 4.79 Å². The molecule has 0 saturated heterocycles. The van der Waals surface area contributed by atoms with Crippen LogP contribution in [-0.2, 0) is 6.42 Å². The topological polar surface area (TPSA) is 82.6 Å². The molecule has 3 rings (SSSR count). The van der Waals surface area contributed by atoms with Gasteiger partial charge in [0.05, 0.1) is 19.9 Å². The van der Waals surface area contributed by atoms with Gasteiger partial charge in [0.1, 0.15) is 5.75 Å². The molecule has 0 atom stereocenters. The number of nitrogens with one attached hydrogen (secondary N) is 1. The van der Waals surface area contributed by atoms with Gasteiger partial charge in [-0.25, -0.2) is 0 Å². The minimum absolute atomic E-state index is 0.175. The predicted molar refractivity (Wildman–Crippen MR) is 109 cm³/mol. The number of hydrogen-bond acceptors (Lipinski definition) is 6. The first-order valence-corrected chi connectivity index (χ1v) is 9.16. The summed E-state index contributed by atoms with van der Waals surface area (Å²) in [6.07, 6.45) is 0.668. The van der Waals surface area contributed by atoms with E-state index in [1.807, 2.05) is 31.2 Å². The summed E-state index contributed by atoms with van der Waals surface area (Å²) >= 11 is 0. The normalized spacial score (nSPS) is 10.3. The van der Waals surface area contributed by atoms with Crippen molar-refractivity contribution in [1.29, 1.82) is 0 Å². The lowest BCUT2D eigenvalue weighted by Crippen LogP contribution is -2.25. The smallest absolute Gasteiger partial charge is 0.251 e. The molecule has 2 aromatic carbocycles. The summed E-state index contributed by atoms with van der Waals surface area (Å²) < 4.78 is 16.2. The highest BCUT2D eigenvalue weighted by atomic mass is 16.5. The van der Waals surface area contributed by atoms with Crippen LogP contribution in [0.3, 0.4) is 0 Å². The second-order valence-electron chi connectivity index (χ2n) is 6.34. The van der Waals surface area contributed by atoms with Crippen LogP contribution in [0.15, 0.2) is 54.6 Å². The number of amides is 1. The number of aryl methyl sites for hydroxylation is 1. The molecule has 0 saturated carbocycles. The van der Waals surface area contributed by atoms with Crippen LogP contribution in [0.5, 0.6) is 23.1 Å². The Morgan fingerprint density at radius 2 is 1.79 bits per heavy atom. The Labute approximate surface area is 169 Å². The van der Waals surface area contributed by atoms with Crippen LogP contribution in [0, 0.1) is 6.92 Å². The Hall–Kier alpha value is -3.61. The Balaban J connectivity index is 1.57. The number of methoxy groups -OCH3 is 2. The molecule has 29 heavy (non-hydrogen) atoms. The Kier molecular flexibility index (Phi) is 6.63. The lowest BCUT2D eigenvalue weighted by molar-refractivity contribution is 0.0954. The summed E-state index contributed by atoms with van der Waals surface area (Å²) in [5.74, 6) is 2.07. The molecule has 3 aromatic rings. The molecule has 0 unspecified atom stereocenters. The third-order valence-corrected chi connectivity index (χ3v) is 4.24. The molecule has 7 nitrogen and oxygen atoms in total. The molecule has 1 heterocycles. The lowest BCUT2D eigenvalue weighted by atomic mass is 10.1. The van der Waals surface area contributed by atoms with Crippen LogP contribution < -0.4 is 19.5 Å². The van der Waals surface area contributed by atoms with Gasteiger partial charge in [0.25, 0.3) is 5.91 Å². The van der Waals surface area contributed by atoms with E-state index in [1.54, 1.807) is 44.6 Å². The maximum Gasteiger partial charge on any atom is 0.251 e. The molecule has 1 amide bonds. The fourth-order valence-corrected chi connectivity index (χ4v) is 2.72. The maximum atomic E-state index is 12.5. The van der Waals surface area contributed by atoms with Gasteiger partial charge in [-0.15, -0.1) is 5.10 Å². The molecule has 1 N–H and O–H groups in total. The van der Waals surface area contributed by atoms with Crippen LogP contribution in [0.1, 0.15) is 21.6 Å². The zero-order valence-electron chi connectivity index (χ0n) is 16.6. The van der Waals surface area contributed by atoms with Crippen molar-refractivity contribution in [1.82, 2.24) is 15.5 Å². The third kappa shape index (κ3) is 5.44. The molecular weight excluding hydrogens is 370 g/mol. The van der Waals surface area contributed by atoms with Crippen molar-refractivity contribution in [2.75, 3.05) is 20.8 Å². The minimum atomic E-state index is -0.175. The largest absolute Gasteiger partial charge is 0.493 e. The third-order valence-electron chi connectivity index (χ3n) is 4.24. The zero-order valence-corrected chi connectivity index (χ0v) is 16.6. The molecule has 0 aliphatic rings. The zero-order chi connectivity index (χ0) is 20.6. The van der Waals surface area contributed by atoms with E-state index in [1.165, 1.54) is 0 Å². The van der Waals surface area contributed by atoms with E-state index >= 15 is 0 Å². The van der Waals surface area contributed by atoms with E-state index in [9.17, 15) is 4.79 Å². The van der Waals surface area contributed by atoms with Crippen LogP contribution >= 0.6 is 0 Å². The quantitative estimate of drug-likeness (QED) is 0.630. The molecule has 0 radical (unpaired) electrons. The van der Waals surface area contributed by atoms with Crippen LogP contribution in [-0.4, -0.2) is 36.9 Å². The Morgan fingerprint density at radius 1 is 0.966 bits per heavy atom. The molecule has 0 bridgehead atoms. The van der Waals surface area contributed by atoms with Gasteiger partial charge in [0.2, 0.25) is 5.88 Å². The summed E-state index contributed by atoms with van der Waals surface area (Å²) in [4.78, 5) is 12.5. The van der Waals surface area contributed by atoms with Crippen LogP contribution in [0.2, 0.25) is 0 Å². The molecule has 150 valence electrons. The molecule has 0 aliphatic carbocycles. The highest BCUT2D eigenvalue weighted by Gasteiger charge is 2.09. The first kappa shape index (κ1) is 20.1. The first-order valence-electron chi connectivity index (χ1n) is 9.16. The Morgan fingerprint density at radius 3 is 2.52 bits per heavy atom. The standard InChI is InChI=1S/C22H23N3O4/c1-15-7-10-21(25-24-15)29-18-6-4-5-17(14-18)22(26)23-12-11-16-8-9-19(27-2)20(13-16)28-3/h4-10,13-14H,11-12H2,1-3H3,(H,23,26). The second kappa shape index (κ2) is 9.54. The average Bonchev–Trinajstić information content (AvgIpc) is 2.75. The van der Waals surface area contributed by atoms with Crippen molar-refractivity contribution in [2.45, 2.75) is 13.3 Å². The predicted octanol–water partition coefficient (Wildman–Crippen LogP) is 3.57. The number of carbonyl (C=O) groups is 1. The molecule has 1 aromatic heterocycles. The number of ether oxygens (including phenoxy) is 3. The van der Waals surface area contributed by atoms with Gasteiger partial charge in [0.15, 0.2) is 11.5 Å². The average molecular weight is 393 g/mol. The number of benzene rings is 2. The van der Waals surface area contributed by atoms with Gasteiger partial charge in [-0.2, -0.15) is 5.10 Å². The number of hydrogen-bond donors (Lipinski definition) is 1. The van der Waals surface area contributed by atoms with E-state index in [4.69, 9.17) is 14.2 Å². The highest BCUT2D eigenvalue weighted by molar-refractivity contribution is 5.94. The van der Waals surface area contributed by atoms with E-state index in [2.05, 4.69) is 15.5 Å². The monoisotopic (exact) mass is 393 g/mol. The summed E-state index contributed by atoms with van der Waals surface area (Å²) in [6.45, 7) is 2.34. The first-order chi connectivity index (χ1) is 14.1. The van der Waals surface area contributed by atoms with Crippen molar-refractivity contribution in [2.24, 2.45) is 0 Å². The summed E-state index contributed by atoms with van der Waals surface area (Å²) in [5, 5.41) is 10.8. The number of rotatable bonds is 8. The molecule has 0 fully saturated rings. The second-order valence-corrected chi connectivity index (χ2v) is 6.34. The van der Waals surface area contributed by atoms with E-state index in [0.717, 1.165) is 11.3 Å². The number of carbonyl (C=O) groups excluding carboxylic acids is 1. The van der Waals surface area contributed by atoms with Crippen LogP contribution in [0.4, 0.5) is 0 Å². The fourth-order valence-electron chi connectivity index (χ4n) is 2.72. The molecule has 0 aliphatic heterocycles. The molecule has 7 heteroatoms. The van der Waals surface area contributed by atoms with Crippen molar-refractivity contribution in [3.05, 3.63) is 71.4 Å². The number of aromatic nitrogens is 2. The fraction of sp³-hybridized carbons (Fsp3) is 0.227. The maximum absolute atomic E-state index is 12.5. The molecule has 0 spiro atoms. The Bertz CT molecular complexity index is 974. The van der Waals surface area contributed by atoms with Crippen molar-refractivity contribution in [3.63, 3.8) is 0 Å². The van der Waals surface area contributed by atoms with E-state index in [-0.39, 0.29) is 5.91 Å². The summed E-state index contributed by atoms with van der Waals surface area (Å²) in [6, 6.07) is 16.2. The van der Waals surface area contributed by atoms with Gasteiger partial charge >= 0.3 is 0 Å². The lowest BCUT2D eigenvalue weighted by Gasteiger charge is -2.10. The van der Waals surface area contributed by atoms with Gasteiger partial charge < -0.3 is 19.5 Å². The number of nitrogens with zero attached hydrogens (tertiary/aromatic N) is 2. The van der Waals surface area contributed by atoms with Crippen molar-refractivity contribution in [3.8, 4) is 23.1 Å².